The van der Waals surface area contributed by atoms with Gasteiger partial charge in [0.1, 0.15) is 16.9 Å². The Balaban J connectivity index is 1.24. The van der Waals surface area contributed by atoms with E-state index < -0.39 is 5.82 Å². The number of rotatable bonds is 3. The minimum Gasteiger partial charge on any atom is -0.364 e. The molecule has 6 rings (SSSR count). The first-order valence-corrected chi connectivity index (χ1v) is 11.3. The monoisotopic (exact) mass is 448 g/mol. The summed E-state index contributed by atoms with van der Waals surface area (Å²) in [7, 11) is 1.62. The van der Waals surface area contributed by atoms with Gasteiger partial charge in [-0.25, -0.2) is 14.4 Å². The molecule has 170 valence electrons. The fraction of sp³-hybridized carbons (Fsp3) is 0.417. The molecule has 2 fully saturated rings. The zero-order valence-corrected chi connectivity index (χ0v) is 18.6. The van der Waals surface area contributed by atoms with Crippen LogP contribution in [0, 0.1) is 18.7 Å². The van der Waals surface area contributed by atoms with E-state index in [1.54, 1.807) is 32.2 Å². The first-order valence-electron chi connectivity index (χ1n) is 11.3. The molecule has 2 aromatic heterocycles. The molecule has 2 aliphatic heterocycles. The van der Waals surface area contributed by atoms with Crippen molar-refractivity contribution in [2.45, 2.75) is 31.8 Å². The van der Waals surface area contributed by atoms with Crippen molar-refractivity contribution in [2.75, 3.05) is 31.6 Å². The second-order valence-corrected chi connectivity index (χ2v) is 9.27. The van der Waals surface area contributed by atoms with Crippen LogP contribution in [-0.4, -0.2) is 58.5 Å². The van der Waals surface area contributed by atoms with Crippen LogP contribution in [0.25, 0.3) is 11.0 Å². The molecule has 2 N–H and O–H groups in total. The number of carbonyl (C=O) groups is 1. The van der Waals surface area contributed by atoms with Crippen LogP contribution in [0.2, 0.25) is 0 Å². The zero-order chi connectivity index (χ0) is 22.9. The van der Waals surface area contributed by atoms with Crippen molar-refractivity contribution in [3.05, 3.63) is 63.1 Å². The molecule has 1 amide bonds. The lowest BCUT2D eigenvalue weighted by Crippen LogP contribution is -2.55. The SMILES string of the molecule is CNC(=O)c1ccc2c(n1)C1CC1C1CN(Cc3ccc4nc(C)c(=O)[nH]c4c3F)CCN21. The van der Waals surface area contributed by atoms with E-state index in [1.807, 2.05) is 6.07 Å². The van der Waals surface area contributed by atoms with Crippen LogP contribution in [0.5, 0.6) is 0 Å². The van der Waals surface area contributed by atoms with Gasteiger partial charge in [-0.15, -0.1) is 0 Å². The topological polar surface area (TPSA) is 94.2 Å². The molecule has 3 aromatic rings. The number of benzene rings is 1. The van der Waals surface area contributed by atoms with Gasteiger partial charge >= 0.3 is 0 Å². The summed E-state index contributed by atoms with van der Waals surface area (Å²) in [5.74, 6) is 0.343. The summed E-state index contributed by atoms with van der Waals surface area (Å²) in [4.78, 5) is 40.2. The van der Waals surface area contributed by atoms with E-state index in [-0.39, 0.29) is 17.0 Å². The first-order chi connectivity index (χ1) is 15.9. The third-order valence-corrected chi connectivity index (χ3v) is 7.31. The Hall–Kier alpha value is -3.33. The van der Waals surface area contributed by atoms with E-state index in [4.69, 9.17) is 0 Å². The van der Waals surface area contributed by atoms with Crippen LogP contribution in [0.4, 0.5) is 10.1 Å². The largest absolute Gasteiger partial charge is 0.364 e. The van der Waals surface area contributed by atoms with E-state index in [9.17, 15) is 9.59 Å². The number of nitrogens with one attached hydrogen (secondary N) is 2. The van der Waals surface area contributed by atoms with E-state index in [0.717, 1.165) is 37.4 Å². The van der Waals surface area contributed by atoms with Crippen LogP contribution in [0.1, 0.15) is 39.8 Å². The number of hydrogen-bond acceptors (Lipinski definition) is 6. The average molecular weight is 449 g/mol. The molecule has 1 aromatic carbocycles. The molecule has 4 heterocycles. The number of piperazine rings is 1. The Labute approximate surface area is 189 Å². The van der Waals surface area contributed by atoms with Crippen LogP contribution < -0.4 is 15.8 Å². The molecular formula is C24H25FN6O2. The zero-order valence-electron chi connectivity index (χ0n) is 18.6. The van der Waals surface area contributed by atoms with Gasteiger partial charge in [0.05, 0.1) is 16.9 Å². The van der Waals surface area contributed by atoms with Crippen molar-refractivity contribution in [2.24, 2.45) is 5.92 Å². The highest BCUT2D eigenvalue weighted by atomic mass is 19.1. The Bertz CT molecular complexity index is 1350. The number of nitrogens with zero attached hydrogens (tertiary/aromatic N) is 4. The fourth-order valence-electron chi connectivity index (χ4n) is 5.49. The molecule has 0 spiro atoms. The van der Waals surface area contributed by atoms with Crippen molar-refractivity contribution in [3.8, 4) is 0 Å². The molecule has 3 aliphatic rings. The number of pyridine rings is 1. The van der Waals surface area contributed by atoms with Gasteiger partial charge < -0.3 is 15.2 Å². The molecule has 0 bridgehead atoms. The molecule has 3 unspecified atom stereocenters. The molecule has 0 radical (unpaired) electrons. The summed E-state index contributed by atoms with van der Waals surface area (Å²) in [5.41, 5.74) is 3.81. The van der Waals surface area contributed by atoms with Crippen LogP contribution in [0.3, 0.4) is 0 Å². The first kappa shape index (κ1) is 20.3. The second-order valence-electron chi connectivity index (χ2n) is 9.27. The lowest BCUT2D eigenvalue weighted by molar-refractivity contribution is 0.0958. The summed E-state index contributed by atoms with van der Waals surface area (Å²) in [6, 6.07) is 7.73. The summed E-state index contributed by atoms with van der Waals surface area (Å²) in [6.45, 7) is 4.57. The smallest absolute Gasteiger partial charge is 0.269 e. The molecular weight excluding hydrogens is 423 g/mol. The number of halogens is 1. The number of fused-ring (bicyclic) bond motifs is 7. The maximum Gasteiger partial charge on any atom is 0.269 e. The predicted molar refractivity (Wildman–Crippen MR) is 122 cm³/mol. The van der Waals surface area contributed by atoms with Crippen LogP contribution >= 0.6 is 0 Å². The minimum absolute atomic E-state index is 0.161. The average Bonchev–Trinajstić information content (AvgIpc) is 3.63. The third-order valence-electron chi connectivity index (χ3n) is 7.31. The van der Waals surface area contributed by atoms with E-state index in [1.165, 1.54) is 0 Å². The summed E-state index contributed by atoms with van der Waals surface area (Å²) in [6.07, 6.45) is 1.07. The molecule has 3 atom stereocenters. The van der Waals surface area contributed by atoms with Gasteiger partial charge in [-0.3, -0.25) is 14.5 Å². The highest BCUT2D eigenvalue weighted by Gasteiger charge is 2.53. The van der Waals surface area contributed by atoms with Gasteiger partial charge in [0.25, 0.3) is 11.5 Å². The van der Waals surface area contributed by atoms with Gasteiger partial charge in [0, 0.05) is 50.7 Å². The minimum atomic E-state index is -0.399. The third kappa shape index (κ3) is 3.21. The van der Waals surface area contributed by atoms with Crippen molar-refractivity contribution in [1.82, 2.24) is 25.2 Å². The maximum absolute atomic E-state index is 15.2. The van der Waals surface area contributed by atoms with E-state index >= 15 is 4.39 Å². The Morgan fingerprint density at radius 2 is 2.09 bits per heavy atom. The maximum atomic E-state index is 15.2. The molecule has 1 saturated carbocycles. The number of aromatic nitrogens is 3. The van der Waals surface area contributed by atoms with Crippen molar-refractivity contribution in [1.29, 1.82) is 0 Å². The molecule has 1 saturated heterocycles. The normalized spacial score (nSPS) is 23.6. The van der Waals surface area contributed by atoms with E-state index in [0.29, 0.717) is 46.9 Å². The van der Waals surface area contributed by atoms with Gasteiger partial charge in [-0.1, -0.05) is 6.07 Å². The standard InChI is InChI=1S/C24H25FN6O2/c1-12-23(32)29-22-16(27-12)4-3-13(20(22)25)10-30-7-8-31-18-6-5-17(24(33)26-2)28-21(18)15-9-14(15)19(31)11-30/h3-6,14-15,19H,7-11H2,1-2H3,(H,26,33)(H,29,32). The molecule has 33 heavy (non-hydrogen) atoms. The molecule has 8 nitrogen and oxygen atoms in total. The number of anilines is 1. The van der Waals surface area contributed by atoms with Gasteiger partial charge in [0.15, 0.2) is 5.82 Å². The Kier molecular flexibility index (Phi) is 4.52. The summed E-state index contributed by atoms with van der Waals surface area (Å²) in [5, 5.41) is 2.65. The Morgan fingerprint density at radius 1 is 1.24 bits per heavy atom. The van der Waals surface area contributed by atoms with Crippen LogP contribution in [-0.2, 0) is 6.54 Å². The second kappa shape index (κ2) is 7.34. The predicted octanol–water partition coefficient (Wildman–Crippen LogP) is 1.93. The highest BCUT2D eigenvalue weighted by molar-refractivity contribution is 5.92. The quantitative estimate of drug-likeness (QED) is 0.636. The van der Waals surface area contributed by atoms with Crippen molar-refractivity contribution in [3.63, 3.8) is 0 Å². The number of H-pyrrole nitrogens is 1. The lowest BCUT2D eigenvalue weighted by atomic mass is 9.96. The highest BCUT2D eigenvalue weighted by Crippen LogP contribution is 2.57. The van der Waals surface area contributed by atoms with Gasteiger partial charge in [-0.05, 0) is 37.5 Å². The molecule has 9 heteroatoms. The number of carbonyl (C=O) groups excluding carboxylic acids is 1. The van der Waals surface area contributed by atoms with Crippen LogP contribution in [0.15, 0.2) is 29.1 Å². The van der Waals surface area contributed by atoms with Crippen molar-refractivity contribution < 1.29 is 9.18 Å². The van der Waals surface area contributed by atoms with Gasteiger partial charge in [0.2, 0.25) is 0 Å². The van der Waals surface area contributed by atoms with Gasteiger partial charge in [-0.2, -0.15) is 0 Å². The molecule has 1 aliphatic carbocycles. The fourth-order valence-corrected chi connectivity index (χ4v) is 5.49. The number of aryl methyl sites for hydroxylation is 1. The lowest BCUT2D eigenvalue weighted by Gasteiger charge is -2.45. The van der Waals surface area contributed by atoms with E-state index in [2.05, 4.69) is 30.1 Å². The Morgan fingerprint density at radius 3 is 2.91 bits per heavy atom. The number of amides is 1. The van der Waals surface area contributed by atoms with Crippen molar-refractivity contribution >= 4 is 22.6 Å². The number of hydrogen-bond donors (Lipinski definition) is 2. The number of aromatic amines is 1. The summed E-state index contributed by atoms with van der Waals surface area (Å²) < 4.78 is 15.2. The summed E-state index contributed by atoms with van der Waals surface area (Å²) >= 11 is 0.